The van der Waals surface area contributed by atoms with Crippen LogP contribution in [0.1, 0.15) is 22.8 Å². The van der Waals surface area contributed by atoms with Crippen molar-refractivity contribution in [3.63, 3.8) is 0 Å². The molecule has 0 N–H and O–H groups in total. The number of carbonyl (C=O) groups is 1. The fourth-order valence-corrected chi connectivity index (χ4v) is 4.43. The first kappa shape index (κ1) is 17.3. The van der Waals surface area contributed by atoms with Crippen LogP contribution in [0.15, 0.2) is 46.3 Å². The number of hydrogen-bond donors (Lipinski definition) is 0. The average Bonchev–Trinajstić information content (AvgIpc) is 2.97. The number of fused-ring (bicyclic) bond motifs is 1. The van der Waals surface area contributed by atoms with Crippen molar-refractivity contribution in [1.29, 1.82) is 0 Å². The van der Waals surface area contributed by atoms with Gasteiger partial charge in [0.25, 0.3) is 5.91 Å². The van der Waals surface area contributed by atoms with E-state index in [9.17, 15) is 4.79 Å². The molecule has 0 atom stereocenters. The third-order valence-corrected chi connectivity index (χ3v) is 6.11. The first-order valence-electron chi connectivity index (χ1n) is 7.56. The van der Waals surface area contributed by atoms with Crippen molar-refractivity contribution in [2.24, 2.45) is 4.99 Å². The topological polar surface area (TPSA) is 34.4 Å². The molecular formula is C18H17ClN2OS2. The largest absolute Gasteiger partial charge is 0.316 e. The Morgan fingerprint density at radius 3 is 2.58 bits per heavy atom. The summed E-state index contributed by atoms with van der Waals surface area (Å²) >= 11 is 9.43. The van der Waals surface area contributed by atoms with Crippen molar-refractivity contribution in [2.75, 3.05) is 6.26 Å². The third kappa shape index (κ3) is 3.16. The lowest BCUT2D eigenvalue weighted by Crippen LogP contribution is -2.16. The quantitative estimate of drug-likeness (QED) is 0.592. The summed E-state index contributed by atoms with van der Waals surface area (Å²) in [5.41, 5.74) is 2.78. The van der Waals surface area contributed by atoms with Gasteiger partial charge in [-0.25, -0.2) is 0 Å². The number of amides is 1. The monoisotopic (exact) mass is 376 g/mol. The molecule has 0 unspecified atom stereocenters. The van der Waals surface area contributed by atoms with Crippen LogP contribution in [0.4, 0.5) is 0 Å². The number of benzene rings is 2. The molecule has 0 aliphatic heterocycles. The Balaban J connectivity index is 2.13. The van der Waals surface area contributed by atoms with E-state index in [1.165, 1.54) is 11.3 Å². The van der Waals surface area contributed by atoms with Gasteiger partial charge in [-0.2, -0.15) is 4.99 Å². The standard InChI is InChI=1S/C18H17ClN2OS2/c1-4-21-15-11(2)5-10-14(19)16(15)24-18(21)20-17(22)12-6-8-13(23-3)9-7-12/h5-10H,4H2,1-3H3. The molecular weight excluding hydrogens is 360 g/mol. The molecule has 6 heteroatoms. The van der Waals surface area contributed by atoms with E-state index in [-0.39, 0.29) is 5.91 Å². The number of aryl methyl sites for hydroxylation is 2. The molecule has 0 saturated carbocycles. The second kappa shape index (κ2) is 7.13. The number of carbonyl (C=O) groups excluding carboxylic acids is 1. The predicted octanol–water partition coefficient (Wildman–Crippen LogP) is 5.15. The summed E-state index contributed by atoms with van der Waals surface area (Å²) in [6, 6.07) is 11.4. The molecule has 1 heterocycles. The van der Waals surface area contributed by atoms with Crippen molar-refractivity contribution >= 4 is 50.8 Å². The Bertz CT molecular complexity index is 971. The first-order chi connectivity index (χ1) is 11.5. The minimum absolute atomic E-state index is 0.231. The minimum Gasteiger partial charge on any atom is -0.316 e. The highest BCUT2D eigenvalue weighted by molar-refractivity contribution is 7.98. The van der Waals surface area contributed by atoms with Gasteiger partial charge in [0.05, 0.1) is 15.2 Å². The Labute approximate surface area is 154 Å². The second-order valence-electron chi connectivity index (χ2n) is 5.32. The van der Waals surface area contributed by atoms with Crippen LogP contribution in [0, 0.1) is 6.92 Å². The fourth-order valence-electron chi connectivity index (χ4n) is 2.58. The average molecular weight is 377 g/mol. The first-order valence-corrected chi connectivity index (χ1v) is 9.98. The molecule has 3 nitrogen and oxygen atoms in total. The lowest BCUT2D eigenvalue weighted by molar-refractivity contribution is 0.0998. The van der Waals surface area contributed by atoms with E-state index >= 15 is 0 Å². The Kier molecular flexibility index (Phi) is 5.13. The lowest BCUT2D eigenvalue weighted by atomic mass is 10.2. The maximum Gasteiger partial charge on any atom is 0.279 e. The molecule has 1 amide bonds. The Morgan fingerprint density at radius 2 is 1.96 bits per heavy atom. The zero-order chi connectivity index (χ0) is 17.3. The number of aromatic nitrogens is 1. The van der Waals surface area contributed by atoms with Gasteiger partial charge >= 0.3 is 0 Å². The number of hydrogen-bond acceptors (Lipinski definition) is 3. The molecule has 3 aromatic rings. The van der Waals surface area contributed by atoms with Gasteiger partial charge in [-0.05, 0) is 56.0 Å². The summed E-state index contributed by atoms with van der Waals surface area (Å²) in [6.45, 7) is 4.83. The Hall–Kier alpha value is -1.56. The van der Waals surface area contributed by atoms with E-state index in [2.05, 4.69) is 9.56 Å². The summed E-state index contributed by atoms with van der Waals surface area (Å²) < 4.78 is 3.03. The van der Waals surface area contributed by atoms with Crippen LogP contribution < -0.4 is 4.80 Å². The van der Waals surface area contributed by atoms with Crippen molar-refractivity contribution in [2.45, 2.75) is 25.3 Å². The van der Waals surface area contributed by atoms with Crippen molar-refractivity contribution in [3.8, 4) is 0 Å². The van der Waals surface area contributed by atoms with Gasteiger partial charge in [-0.3, -0.25) is 4.79 Å². The molecule has 1 aromatic heterocycles. The highest BCUT2D eigenvalue weighted by atomic mass is 35.5. The lowest BCUT2D eigenvalue weighted by Gasteiger charge is -2.04. The fraction of sp³-hybridized carbons (Fsp3) is 0.222. The zero-order valence-corrected chi connectivity index (χ0v) is 16.1. The van der Waals surface area contributed by atoms with Crippen LogP contribution in [0.25, 0.3) is 10.2 Å². The van der Waals surface area contributed by atoms with Gasteiger partial charge in [0, 0.05) is 17.0 Å². The molecule has 2 aromatic carbocycles. The van der Waals surface area contributed by atoms with Gasteiger partial charge in [0.15, 0.2) is 4.80 Å². The van der Waals surface area contributed by atoms with Crippen LogP contribution >= 0.6 is 34.7 Å². The van der Waals surface area contributed by atoms with Crippen LogP contribution in [0.2, 0.25) is 5.02 Å². The molecule has 124 valence electrons. The van der Waals surface area contributed by atoms with E-state index in [0.29, 0.717) is 15.4 Å². The molecule has 0 radical (unpaired) electrons. The normalized spacial score (nSPS) is 12.1. The second-order valence-corrected chi connectivity index (χ2v) is 7.58. The van der Waals surface area contributed by atoms with E-state index in [0.717, 1.165) is 27.2 Å². The smallest absolute Gasteiger partial charge is 0.279 e. The summed E-state index contributed by atoms with van der Waals surface area (Å²) in [6.07, 6.45) is 2.01. The number of halogens is 1. The number of thioether (sulfide) groups is 1. The molecule has 3 rings (SSSR count). The van der Waals surface area contributed by atoms with E-state index < -0.39 is 0 Å². The van der Waals surface area contributed by atoms with Crippen LogP contribution in [-0.4, -0.2) is 16.7 Å². The predicted molar refractivity (Wildman–Crippen MR) is 103 cm³/mol. The van der Waals surface area contributed by atoms with Crippen molar-refractivity contribution < 1.29 is 4.79 Å². The number of nitrogens with zero attached hydrogens (tertiary/aromatic N) is 2. The van der Waals surface area contributed by atoms with E-state index in [1.807, 2.05) is 56.5 Å². The minimum atomic E-state index is -0.231. The van der Waals surface area contributed by atoms with Crippen LogP contribution in [-0.2, 0) is 6.54 Å². The maximum atomic E-state index is 12.5. The van der Waals surface area contributed by atoms with Crippen LogP contribution in [0.5, 0.6) is 0 Å². The summed E-state index contributed by atoms with van der Waals surface area (Å²) in [5, 5.41) is 0.695. The Morgan fingerprint density at radius 1 is 1.25 bits per heavy atom. The number of rotatable bonds is 3. The van der Waals surface area contributed by atoms with Crippen LogP contribution in [0.3, 0.4) is 0 Å². The zero-order valence-electron chi connectivity index (χ0n) is 13.7. The van der Waals surface area contributed by atoms with Crippen molar-refractivity contribution in [1.82, 2.24) is 4.57 Å². The van der Waals surface area contributed by atoms with Gasteiger partial charge in [-0.1, -0.05) is 29.0 Å². The molecule has 0 bridgehead atoms. The summed E-state index contributed by atoms with van der Waals surface area (Å²) in [5.74, 6) is -0.231. The number of thiazole rings is 1. The van der Waals surface area contributed by atoms with Gasteiger partial charge in [0.1, 0.15) is 0 Å². The van der Waals surface area contributed by atoms with Gasteiger partial charge < -0.3 is 4.57 Å². The molecule has 0 aliphatic rings. The van der Waals surface area contributed by atoms with E-state index in [4.69, 9.17) is 11.6 Å². The molecule has 0 fully saturated rings. The molecule has 0 saturated heterocycles. The molecule has 24 heavy (non-hydrogen) atoms. The SMILES string of the molecule is CCn1c(=NC(=O)c2ccc(SC)cc2)sc2c(Cl)ccc(C)c21. The highest BCUT2D eigenvalue weighted by Crippen LogP contribution is 2.28. The molecule has 0 aliphatic carbocycles. The maximum absolute atomic E-state index is 12.5. The highest BCUT2D eigenvalue weighted by Gasteiger charge is 2.12. The summed E-state index contributed by atoms with van der Waals surface area (Å²) in [4.78, 5) is 18.7. The molecule has 0 spiro atoms. The van der Waals surface area contributed by atoms with E-state index in [1.54, 1.807) is 11.8 Å². The van der Waals surface area contributed by atoms with Gasteiger partial charge in [0.2, 0.25) is 0 Å². The summed E-state index contributed by atoms with van der Waals surface area (Å²) in [7, 11) is 0. The van der Waals surface area contributed by atoms with Gasteiger partial charge in [-0.15, -0.1) is 11.8 Å². The third-order valence-electron chi connectivity index (χ3n) is 3.83. The van der Waals surface area contributed by atoms with Crippen molar-refractivity contribution in [3.05, 3.63) is 57.3 Å².